The number of aryl methyl sites for hydroxylation is 1. The van der Waals surface area contributed by atoms with Crippen molar-refractivity contribution in [1.82, 2.24) is 9.55 Å². The molecule has 7 heteroatoms. The number of nitrogens with zero attached hydrogens (tertiary/aromatic N) is 3. The third kappa shape index (κ3) is 2.62. The zero-order chi connectivity index (χ0) is 14.1. The number of benzene rings is 1. The maximum Gasteiger partial charge on any atom is 0.414 e. The number of thioether (sulfide) groups is 1. The van der Waals surface area contributed by atoms with Gasteiger partial charge in [-0.05, 0) is 24.0 Å². The monoisotopic (exact) mass is 291 g/mol. The van der Waals surface area contributed by atoms with E-state index in [1.54, 1.807) is 16.3 Å². The van der Waals surface area contributed by atoms with E-state index in [-0.39, 0.29) is 11.9 Å². The maximum absolute atomic E-state index is 10.6. The quantitative estimate of drug-likeness (QED) is 0.492. The van der Waals surface area contributed by atoms with Crippen LogP contribution in [0.4, 0.5) is 5.82 Å². The van der Waals surface area contributed by atoms with E-state index in [2.05, 4.69) is 36.2 Å². The van der Waals surface area contributed by atoms with Crippen LogP contribution in [0.1, 0.15) is 5.56 Å². The Hall–Kier alpha value is -2.02. The normalized spacial score (nSPS) is 16.8. The summed E-state index contributed by atoms with van der Waals surface area (Å²) >= 11 is 1.71. The SMILES string of the molecule is Cc1ccc(SCC2Cn3cc([N+](=O)[O-])nc3O2)cc1. The number of hydrogen-bond donors (Lipinski definition) is 0. The molecule has 0 aliphatic carbocycles. The molecule has 1 unspecified atom stereocenters. The zero-order valence-corrected chi connectivity index (χ0v) is 11.7. The first kappa shape index (κ1) is 13.0. The Morgan fingerprint density at radius 2 is 2.25 bits per heavy atom. The molecule has 1 aliphatic heterocycles. The molecule has 0 radical (unpaired) electrons. The number of ether oxygens (including phenoxy) is 1. The molecule has 2 heterocycles. The number of hydrogen-bond acceptors (Lipinski definition) is 5. The van der Waals surface area contributed by atoms with Crippen LogP contribution in [0.15, 0.2) is 35.4 Å². The van der Waals surface area contributed by atoms with Crippen molar-refractivity contribution in [2.45, 2.75) is 24.5 Å². The molecule has 0 N–H and O–H groups in total. The van der Waals surface area contributed by atoms with Crippen molar-refractivity contribution < 1.29 is 9.66 Å². The molecule has 2 aromatic rings. The van der Waals surface area contributed by atoms with Crippen LogP contribution in [-0.2, 0) is 6.54 Å². The van der Waals surface area contributed by atoms with Gasteiger partial charge in [0.1, 0.15) is 12.3 Å². The van der Waals surface area contributed by atoms with Crippen molar-refractivity contribution in [3.05, 3.63) is 46.1 Å². The summed E-state index contributed by atoms with van der Waals surface area (Å²) in [6, 6.07) is 8.65. The molecule has 6 nitrogen and oxygen atoms in total. The molecule has 1 aromatic heterocycles. The lowest BCUT2D eigenvalue weighted by Crippen LogP contribution is -2.17. The molecule has 0 spiro atoms. The summed E-state index contributed by atoms with van der Waals surface area (Å²) < 4.78 is 7.30. The number of aromatic nitrogens is 2. The predicted octanol–water partition coefficient (Wildman–Crippen LogP) is 2.65. The van der Waals surface area contributed by atoms with Crippen LogP contribution >= 0.6 is 11.8 Å². The van der Waals surface area contributed by atoms with Gasteiger partial charge in [-0.2, -0.15) is 0 Å². The van der Waals surface area contributed by atoms with Gasteiger partial charge >= 0.3 is 11.8 Å². The summed E-state index contributed by atoms with van der Waals surface area (Å²) in [7, 11) is 0. The minimum atomic E-state index is -0.509. The third-order valence-electron chi connectivity index (χ3n) is 3.04. The van der Waals surface area contributed by atoms with E-state index < -0.39 is 4.92 Å². The zero-order valence-electron chi connectivity index (χ0n) is 10.9. The van der Waals surface area contributed by atoms with Crippen molar-refractivity contribution in [2.75, 3.05) is 5.75 Å². The highest BCUT2D eigenvalue weighted by molar-refractivity contribution is 7.99. The first-order valence-electron chi connectivity index (χ1n) is 6.19. The summed E-state index contributed by atoms with van der Waals surface area (Å²) in [4.78, 5) is 15.1. The Kier molecular flexibility index (Phi) is 3.35. The van der Waals surface area contributed by atoms with Crippen molar-refractivity contribution in [2.24, 2.45) is 0 Å². The fourth-order valence-corrected chi connectivity index (χ4v) is 2.89. The standard InChI is InChI=1S/C13H13N3O3S/c1-9-2-4-11(5-3-9)20-8-10-6-15-7-12(16(17)18)14-13(15)19-10/h2-5,7,10H,6,8H2,1H3. The van der Waals surface area contributed by atoms with Crippen LogP contribution in [0, 0.1) is 17.0 Å². The first-order valence-corrected chi connectivity index (χ1v) is 7.18. The van der Waals surface area contributed by atoms with E-state index >= 15 is 0 Å². The summed E-state index contributed by atoms with van der Waals surface area (Å²) in [6.45, 7) is 2.66. The van der Waals surface area contributed by atoms with Gasteiger partial charge < -0.3 is 14.9 Å². The van der Waals surface area contributed by atoms with Gasteiger partial charge in [-0.1, -0.05) is 17.7 Å². The van der Waals surface area contributed by atoms with Gasteiger partial charge in [0, 0.05) is 15.6 Å². The number of rotatable bonds is 4. The number of nitro groups is 1. The molecule has 0 amide bonds. The van der Waals surface area contributed by atoms with Crippen molar-refractivity contribution in [3.8, 4) is 6.01 Å². The molecular weight excluding hydrogens is 278 g/mol. The lowest BCUT2D eigenvalue weighted by Gasteiger charge is -2.08. The van der Waals surface area contributed by atoms with Crippen LogP contribution in [0.25, 0.3) is 0 Å². The topological polar surface area (TPSA) is 70.2 Å². The highest BCUT2D eigenvalue weighted by Crippen LogP contribution is 2.28. The summed E-state index contributed by atoms with van der Waals surface area (Å²) in [6.07, 6.45) is 1.43. The first-order chi connectivity index (χ1) is 9.61. The highest BCUT2D eigenvalue weighted by Gasteiger charge is 2.31. The second kappa shape index (κ2) is 5.16. The van der Waals surface area contributed by atoms with E-state index in [0.29, 0.717) is 12.6 Å². The predicted molar refractivity (Wildman–Crippen MR) is 75.2 cm³/mol. The largest absolute Gasteiger partial charge is 0.440 e. The number of imidazole rings is 1. The molecule has 0 fully saturated rings. The molecule has 0 saturated carbocycles. The fraction of sp³-hybridized carbons (Fsp3) is 0.308. The van der Waals surface area contributed by atoms with Crippen molar-refractivity contribution in [1.29, 1.82) is 0 Å². The smallest absolute Gasteiger partial charge is 0.414 e. The average Bonchev–Trinajstić information content (AvgIpc) is 2.96. The van der Waals surface area contributed by atoms with E-state index in [4.69, 9.17) is 4.74 Å². The van der Waals surface area contributed by atoms with E-state index in [0.717, 1.165) is 5.75 Å². The van der Waals surface area contributed by atoms with Crippen LogP contribution < -0.4 is 4.74 Å². The van der Waals surface area contributed by atoms with E-state index in [1.165, 1.54) is 16.7 Å². The molecule has 3 rings (SSSR count). The van der Waals surface area contributed by atoms with Gasteiger partial charge in [-0.15, -0.1) is 11.8 Å². The van der Waals surface area contributed by atoms with Gasteiger partial charge in [-0.25, -0.2) is 0 Å². The van der Waals surface area contributed by atoms with Crippen LogP contribution in [0.5, 0.6) is 6.01 Å². The van der Waals surface area contributed by atoms with Gasteiger partial charge in [0.25, 0.3) is 0 Å². The lowest BCUT2D eigenvalue weighted by molar-refractivity contribution is -0.389. The van der Waals surface area contributed by atoms with Crippen LogP contribution in [0.3, 0.4) is 0 Å². The molecule has 104 valence electrons. The second-order valence-electron chi connectivity index (χ2n) is 4.66. The fourth-order valence-electron chi connectivity index (χ4n) is 2.01. The van der Waals surface area contributed by atoms with Gasteiger partial charge in [0.15, 0.2) is 0 Å². The Balaban J connectivity index is 1.57. The molecule has 0 bridgehead atoms. The van der Waals surface area contributed by atoms with Crippen LogP contribution in [-0.4, -0.2) is 26.3 Å². The van der Waals surface area contributed by atoms with Gasteiger partial charge in [-0.3, -0.25) is 4.57 Å². The van der Waals surface area contributed by atoms with Gasteiger partial charge in [0.05, 0.1) is 6.54 Å². The highest BCUT2D eigenvalue weighted by atomic mass is 32.2. The van der Waals surface area contributed by atoms with E-state index in [1.807, 2.05) is 0 Å². The minimum Gasteiger partial charge on any atom is -0.440 e. The van der Waals surface area contributed by atoms with Gasteiger partial charge in [0.2, 0.25) is 0 Å². The summed E-state index contributed by atoms with van der Waals surface area (Å²) in [5, 5.41) is 10.6. The minimum absolute atomic E-state index is 0.00427. The van der Waals surface area contributed by atoms with E-state index in [9.17, 15) is 10.1 Å². The van der Waals surface area contributed by atoms with Crippen molar-refractivity contribution >= 4 is 17.6 Å². The molecule has 1 aromatic carbocycles. The maximum atomic E-state index is 10.6. The molecular formula is C13H13N3O3S. The number of fused-ring (bicyclic) bond motifs is 1. The second-order valence-corrected chi connectivity index (χ2v) is 5.75. The van der Waals surface area contributed by atoms with Crippen molar-refractivity contribution in [3.63, 3.8) is 0 Å². The Morgan fingerprint density at radius 1 is 1.50 bits per heavy atom. The Morgan fingerprint density at radius 3 is 2.90 bits per heavy atom. The third-order valence-corrected chi connectivity index (χ3v) is 4.19. The summed E-state index contributed by atoms with van der Waals surface area (Å²) in [5.41, 5.74) is 1.24. The molecule has 20 heavy (non-hydrogen) atoms. The average molecular weight is 291 g/mol. The molecule has 1 aliphatic rings. The Labute approximate surface area is 119 Å². The molecule has 1 atom stereocenters. The lowest BCUT2D eigenvalue weighted by atomic mass is 10.2. The molecule has 0 saturated heterocycles. The Bertz CT molecular complexity index is 615. The van der Waals surface area contributed by atoms with Crippen LogP contribution in [0.2, 0.25) is 0 Å². The summed E-state index contributed by atoms with van der Waals surface area (Å²) in [5.74, 6) is 0.630.